The van der Waals surface area contributed by atoms with E-state index in [1.165, 1.54) is 12.1 Å². The molecule has 0 bridgehead atoms. The zero-order chi connectivity index (χ0) is 20.7. The zero-order valence-corrected chi connectivity index (χ0v) is 16.8. The van der Waals surface area contributed by atoms with Gasteiger partial charge in [0.05, 0.1) is 10.4 Å². The summed E-state index contributed by atoms with van der Waals surface area (Å²) in [6.45, 7) is 7.80. The monoisotopic (exact) mass is 409 g/mol. The lowest BCUT2D eigenvalue weighted by molar-refractivity contribution is -0.384. The number of benzene rings is 1. The van der Waals surface area contributed by atoms with Crippen molar-refractivity contribution in [1.29, 1.82) is 0 Å². The Morgan fingerprint density at radius 3 is 2.54 bits per heavy atom. The van der Waals surface area contributed by atoms with Crippen LogP contribution in [0.4, 0.5) is 11.5 Å². The third-order valence-electron chi connectivity index (χ3n) is 3.94. The van der Waals surface area contributed by atoms with E-state index in [0.29, 0.717) is 23.2 Å². The van der Waals surface area contributed by atoms with E-state index in [2.05, 4.69) is 25.3 Å². The average molecular weight is 410 g/mol. The maximum absolute atomic E-state index is 10.9. The van der Waals surface area contributed by atoms with E-state index in [1.54, 1.807) is 6.07 Å². The van der Waals surface area contributed by atoms with Crippen LogP contribution in [-0.4, -0.2) is 46.1 Å². The van der Waals surface area contributed by atoms with Crippen LogP contribution in [0.25, 0.3) is 10.9 Å². The Bertz CT molecular complexity index is 835. The molecule has 1 aromatic carbocycles. The highest BCUT2D eigenvalue weighted by Crippen LogP contribution is 2.27. The van der Waals surface area contributed by atoms with Crippen molar-refractivity contribution in [3.63, 3.8) is 0 Å². The minimum absolute atomic E-state index is 0.0155. The van der Waals surface area contributed by atoms with Crippen molar-refractivity contribution < 1.29 is 14.5 Å². The molecule has 1 aromatic heterocycles. The van der Waals surface area contributed by atoms with Gasteiger partial charge in [0.2, 0.25) is 5.28 Å². The smallest absolute Gasteiger partial charge is 0.293 e. The molecule has 152 valence electrons. The van der Waals surface area contributed by atoms with Gasteiger partial charge in [-0.1, -0.05) is 0 Å². The normalized spacial score (nSPS) is 14.7. The Labute approximate surface area is 168 Å². The number of hydrogen-bond acceptors (Lipinski definition) is 8. The maximum Gasteiger partial charge on any atom is 0.293 e. The highest BCUT2D eigenvalue weighted by Gasteiger charge is 2.17. The number of ether oxygens (including phenoxy) is 1. The number of aromatic nitrogens is 2. The fourth-order valence-corrected chi connectivity index (χ4v) is 2.79. The molecule has 1 saturated heterocycles. The summed E-state index contributed by atoms with van der Waals surface area (Å²) in [7, 11) is 0. The van der Waals surface area contributed by atoms with E-state index in [1.807, 2.05) is 20.8 Å². The second-order valence-corrected chi connectivity index (χ2v) is 7.63. The third-order valence-corrected chi connectivity index (χ3v) is 4.11. The molecule has 0 unspecified atom stereocenters. The molecule has 2 heterocycles. The number of nitro benzene ring substituents is 1. The summed E-state index contributed by atoms with van der Waals surface area (Å²) < 4.78 is 4.55. The predicted molar refractivity (Wildman–Crippen MR) is 108 cm³/mol. The van der Waals surface area contributed by atoms with Crippen LogP contribution < -0.4 is 10.6 Å². The van der Waals surface area contributed by atoms with Crippen LogP contribution in [0.2, 0.25) is 5.28 Å². The first-order chi connectivity index (χ1) is 13.2. The predicted octanol–water partition coefficient (Wildman–Crippen LogP) is 3.31. The highest BCUT2D eigenvalue weighted by molar-refractivity contribution is 6.28. The summed E-state index contributed by atoms with van der Waals surface area (Å²) in [4.78, 5) is 28.4. The van der Waals surface area contributed by atoms with Crippen LogP contribution in [0.5, 0.6) is 0 Å². The number of piperidine rings is 1. The largest absolute Gasteiger partial charge is 0.462 e. The topological polar surface area (TPSA) is 119 Å². The first kappa shape index (κ1) is 21.8. The zero-order valence-electron chi connectivity index (χ0n) is 16.1. The molecule has 0 aliphatic carbocycles. The van der Waals surface area contributed by atoms with Gasteiger partial charge in [-0.3, -0.25) is 14.9 Å². The summed E-state index contributed by atoms with van der Waals surface area (Å²) in [6.07, 6.45) is 1.94. The number of nitrogens with one attached hydrogen (secondary N) is 2. The molecule has 10 heteroatoms. The Hall–Kier alpha value is -2.52. The van der Waals surface area contributed by atoms with Crippen molar-refractivity contribution in [2.24, 2.45) is 0 Å². The van der Waals surface area contributed by atoms with Crippen LogP contribution in [0.1, 0.15) is 33.6 Å². The molecule has 0 radical (unpaired) electrons. The molecule has 1 aliphatic rings. The molecule has 2 N–H and O–H groups in total. The number of carbonyl (C=O) groups is 1. The molecule has 3 rings (SSSR count). The molecule has 2 aromatic rings. The van der Waals surface area contributed by atoms with Gasteiger partial charge >= 0.3 is 0 Å². The van der Waals surface area contributed by atoms with Crippen molar-refractivity contribution in [3.05, 3.63) is 33.6 Å². The summed E-state index contributed by atoms with van der Waals surface area (Å²) >= 11 is 5.94. The Kier molecular flexibility index (Phi) is 7.47. The number of anilines is 1. The van der Waals surface area contributed by atoms with Crippen molar-refractivity contribution in [2.45, 2.75) is 45.3 Å². The van der Waals surface area contributed by atoms with Gasteiger partial charge in [-0.2, -0.15) is 0 Å². The van der Waals surface area contributed by atoms with Crippen LogP contribution in [0.15, 0.2) is 18.2 Å². The van der Waals surface area contributed by atoms with Gasteiger partial charge in [0, 0.05) is 23.6 Å². The van der Waals surface area contributed by atoms with Gasteiger partial charge < -0.3 is 15.4 Å². The van der Waals surface area contributed by atoms with Crippen LogP contribution >= 0.6 is 11.6 Å². The van der Waals surface area contributed by atoms with E-state index in [0.717, 1.165) is 25.9 Å². The molecule has 9 nitrogen and oxygen atoms in total. The summed E-state index contributed by atoms with van der Waals surface area (Å²) in [5, 5.41) is 18.3. The van der Waals surface area contributed by atoms with Crippen molar-refractivity contribution in [2.75, 3.05) is 18.4 Å². The van der Waals surface area contributed by atoms with Gasteiger partial charge in [-0.25, -0.2) is 9.97 Å². The van der Waals surface area contributed by atoms with E-state index in [4.69, 9.17) is 11.6 Å². The molecule has 0 spiro atoms. The number of rotatable bonds is 4. The lowest BCUT2D eigenvalue weighted by Crippen LogP contribution is -2.35. The maximum atomic E-state index is 10.9. The summed E-state index contributed by atoms with van der Waals surface area (Å²) in [5.74, 6) is 0.556. The number of fused-ring (bicyclic) bond motifs is 1. The number of non-ortho nitro benzene ring substituents is 1. The van der Waals surface area contributed by atoms with E-state index >= 15 is 0 Å². The van der Waals surface area contributed by atoms with Gasteiger partial charge in [-0.05, 0) is 64.4 Å². The number of carbonyl (C=O) groups excluding carboxylic acids is 1. The fraction of sp³-hybridized carbons (Fsp3) is 0.500. The van der Waals surface area contributed by atoms with Gasteiger partial charge in [0.25, 0.3) is 12.2 Å². The van der Waals surface area contributed by atoms with Crippen molar-refractivity contribution in [1.82, 2.24) is 15.3 Å². The van der Waals surface area contributed by atoms with Gasteiger partial charge in [0.15, 0.2) is 0 Å². The molecule has 1 fully saturated rings. The van der Waals surface area contributed by atoms with Crippen LogP contribution in [0, 0.1) is 10.1 Å². The molecule has 1 aliphatic heterocycles. The molecule has 0 amide bonds. The highest BCUT2D eigenvalue weighted by atomic mass is 35.5. The molecule has 0 atom stereocenters. The lowest BCUT2D eigenvalue weighted by Gasteiger charge is -2.24. The Morgan fingerprint density at radius 2 is 2.00 bits per heavy atom. The number of hydrogen-bond donors (Lipinski definition) is 2. The standard InChI is InChI=1S/C13H14ClN5O2.C5H10O2/c14-13-17-11-2-1-9(19(20)21)7-10(11)12(18-13)16-8-3-5-15-6-4-8;1-5(2,3)7-4-6/h1-2,7-8,15H,3-6H2,(H,16,17,18);4H,1-3H3. The Morgan fingerprint density at radius 1 is 1.32 bits per heavy atom. The average Bonchev–Trinajstić information content (AvgIpc) is 2.61. The summed E-state index contributed by atoms with van der Waals surface area (Å²) in [6, 6.07) is 4.77. The van der Waals surface area contributed by atoms with E-state index in [9.17, 15) is 14.9 Å². The third kappa shape index (κ3) is 6.58. The summed E-state index contributed by atoms with van der Waals surface area (Å²) in [5.41, 5.74) is 0.292. The molecule has 28 heavy (non-hydrogen) atoms. The minimum Gasteiger partial charge on any atom is -0.462 e. The second-order valence-electron chi connectivity index (χ2n) is 7.29. The first-order valence-electron chi connectivity index (χ1n) is 8.90. The van der Waals surface area contributed by atoms with Crippen molar-refractivity contribution >= 4 is 40.5 Å². The van der Waals surface area contributed by atoms with Crippen molar-refractivity contribution in [3.8, 4) is 0 Å². The second kappa shape index (κ2) is 9.61. The number of nitrogens with zero attached hydrogens (tertiary/aromatic N) is 3. The molecular weight excluding hydrogens is 386 g/mol. The number of halogens is 1. The quantitative estimate of drug-likeness (QED) is 0.341. The van der Waals surface area contributed by atoms with Gasteiger partial charge in [0.1, 0.15) is 11.4 Å². The molecular formula is C18H24ClN5O4. The Balaban J connectivity index is 0.000000345. The van der Waals surface area contributed by atoms with Crippen LogP contribution in [-0.2, 0) is 9.53 Å². The first-order valence-corrected chi connectivity index (χ1v) is 9.28. The lowest BCUT2D eigenvalue weighted by atomic mass is 10.1. The fourth-order valence-electron chi connectivity index (χ4n) is 2.62. The SMILES string of the molecule is CC(C)(C)OC=O.O=[N+]([O-])c1ccc2nc(Cl)nc(NC3CCNCC3)c2c1. The van der Waals surface area contributed by atoms with E-state index < -0.39 is 4.92 Å². The minimum atomic E-state index is -0.428. The number of nitro groups is 1. The van der Waals surface area contributed by atoms with Gasteiger partial charge in [-0.15, -0.1) is 0 Å². The van der Waals surface area contributed by atoms with Crippen LogP contribution in [0.3, 0.4) is 0 Å². The molecule has 0 saturated carbocycles. The van der Waals surface area contributed by atoms with E-state index in [-0.39, 0.29) is 22.6 Å².